The van der Waals surface area contributed by atoms with Gasteiger partial charge in [-0.25, -0.2) is 0 Å². The largest absolute Gasteiger partial charge is 0.466 e. The normalized spacial score (nSPS) is 13.0. The third-order valence-electron chi connectivity index (χ3n) is 10.6. The van der Waals surface area contributed by atoms with Gasteiger partial charge in [0.15, 0.2) is 0 Å². The molecule has 322 valence electrons. The Morgan fingerprint density at radius 3 is 1.47 bits per heavy atom. The van der Waals surface area contributed by atoms with E-state index < -0.39 is 12.1 Å². The monoisotopic (exact) mass is 774 g/mol. The van der Waals surface area contributed by atoms with Gasteiger partial charge in [0, 0.05) is 12.8 Å². The minimum Gasteiger partial charge on any atom is -0.466 e. The number of carbonyl (C=O) groups excluding carboxylic acids is 2. The van der Waals surface area contributed by atoms with Crippen molar-refractivity contribution in [2.24, 2.45) is 0 Å². The lowest BCUT2D eigenvalue weighted by molar-refractivity contribution is -0.143. The van der Waals surface area contributed by atoms with Crippen molar-refractivity contribution >= 4 is 11.9 Å². The third kappa shape index (κ3) is 41.5. The highest BCUT2D eigenvalue weighted by Gasteiger charge is 2.20. The van der Waals surface area contributed by atoms with Gasteiger partial charge in [-0.15, -0.1) is 0 Å². The number of unbranched alkanes of at least 4 members (excludes halogenated alkanes) is 26. The van der Waals surface area contributed by atoms with E-state index in [1.54, 1.807) is 0 Å². The van der Waals surface area contributed by atoms with E-state index >= 15 is 0 Å². The molecule has 55 heavy (non-hydrogen) atoms. The number of amides is 1. The molecule has 0 aromatic rings. The van der Waals surface area contributed by atoms with Gasteiger partial charge < -0.3 is 20.3 Å². The third-order valence-corrected chi connectivity index (χ3v) is 10.6. The lowest BCUT2D eigenvalue weighted by Crippen LogP contribution is -2.45. The number of ether oxygens (including phenoxy) is 1. The number of hydrogen-bond acceptors (Lipinski definition) is 5. The van der Waals surface area contributed by atoms with Crippen molar-refractivity contribution < 1.29 is 24.5 Å². The van der Waals surface area contributed by atoms with E-state index in [1.165, 1.54) is 122 Å². The summed E-state index contributed by atoms with van der Waals surface area (Å²) in [7, 11) is 0. The number of rotatable bonds is 43. The molecular formula is C49H91NO5. The summed E-state index contributed by atoms with van der Waals surface area (Å²) < 4.78 is 5.43. The molecular weight excluding hydrogens is 683 g/mol. The number of allylic oxidation sites excluding steroid dienone is 6. The molecule has 0 aromatic heterocycles. The Kier molecular flexibility index (Phi) is 43.2. The van der Waals surface area contributed by atoms with Crippen LogP contribution in [-0.2, 0) is 14.3 Å². The van der Waals surface area contributed by atoms with Crippen molar-refractivity contribution in [3.05, 3.63) is 36.5 Å². The van der Waals surface area contributed by atoms with Gasteiger partial charge in [-0.1, -0.05) is 185 Å². The number of aliphatic hydroxyl groups excluding tert-OH is 2. The first-order valence-corrected chi connectivity index (χ1v) is 23.7. The molecule has 0 spiro atoms. The predicted molar refractivity (Wildman–Crippen MR) is 236 cm³/mol. The topological polar surface area (TPSA) is 95.9 Å². The maximum absolute atomic E-state index is 12.4. The minimum absolute atomic E-state index is 0.0265. The van der Waals surface area contributed by atoms with Gasteiger partial charge in [0.2, 0.25) is 5.91 Å². The fourth-order valence-corrected chi connectivity index (χ4v) is 6.96. The van der Waals surface area contributed by atoms with Crippen LogP contribution in [0.1, 0.15) is 239 Å². The first-order valence-electron chi connectivity index (χ1n) is 23.7. The average Bonchev–Trinajstić information content (AvgIpc) is 3.18. The molecule has 0 aromatic carbocycles. The SMILES string of the molecule is CCC/C=C\C/C=C\CCCCCCCC(=O)OCCCCCC/C=C\CCCCCCCCCC(=O)NC(CO)C(O)CCCCCCCCCCCC. The van der Waals surface area contributed by atoms with E-state index in [1.807, 2.05) is 0 Å². The Hall–Kier alpha value is -1.92. The van der Waals surface area contributed by atoms with Gasteiger partial charge in [-0.05, 0) is 77.0 Å². The van der Waals surface area contributed by atoms with Gasteiger partial charge >= 0.3 is 5.97 Å². The lowest BCUT2D eigenvalue weighted by atomic mass is 10.0. The molecule has 1 amide bonds. The minimum atomic E-state index is -0.673. The van der Waals surface area contributed by atoms with Gasteiger partial charge in [0.25, 0.3) is 0 Å². The van der Waals surface area contributed by atoms with Gasteiger partial charge in [-0.3, -0.25) is 9.59 Å². The number of esters is 1. The lowest BCUT2D eigenvalue weighted by Gasteiger charge is -2.22. The molecule has 0 saturated heterocycles. The van der Waals surface area contributed by atoms with Gasteiger partial charge in [0.05, 0.1) is 25.4 Å². The van der Waals surface area contributed by atoms with Crippen LogP contribution in [0, 0.1) is 0 Å². The van der Waals surface area contributed by atoms with Crippen molar-refractivity contribution in [2.45, 2.75) is 251 Å². The van der Waals surface area contributed by atoms with Crippen molar-refractivity contribution in [3.63, 3.8) is 0 Å². The maximum atomic E-state index is 12.4. The highest BCUT2D eigenvalue weighted by Crippen LogP contribution is 2.15. The molecule has 3 N–H and O–H groups in total. The predicted octanol–water partition coefficient (Wildman–Crippen LogP) is 13.7. The molecule has 0 aliphatic carbocycles. The molecule has 0 aliphatic rings. The molecule has 0 radical (unpaired) electrons. The quantitative estimate of drug-likeness (QED) is 0.0326. The van der Waals surface area contributed by atoms with Crippen molar-refractivity contribution in [1.82, 2.24) is 5.32 Å². The number of hydrogen-bond donors (Lipinski definition) is 3. The molecule has 0 aliphatic heterocycles. The van der Waals surface area contributed by atoms with E-state index in [4.69, 9.17) is 4.74 Å². The molecule has 0 heterocycles. The molecule has 6 nitrogen and oxygen atoms in total. The molecule has 0 saturated carbocycles. The molecule has 6 heteroatoms. The molecule has 0 bridgehead atoms. The standard InChI is InChI=1S/C49H91NO5/c1-3-5-7-9-11-13-15-19-23-27-31-35-39-43-49(54)55-44-40-36-32-28-24-21-18-16-17-20-22-26-30-34-38-42-48(53)50-46(45-51)47(52)41-37-33-29-25-14-12-10-8-6-4-2/h7,9,13,15,18,21,46-47,51-52H,3-6,8,10-12,14,16-17,19-20,22-45H2,1-2H3,(H,50,53)/b9-7-,15-13-,21-18-. The number of aliphatic hydroxyl groups is 2. The second-order valence-corrected chi connectivity index (χ2v) is 16.1. The van der Waals surface area contributed by atoms with Crippen molar-refractivity contribution in [1.29, 1.82) is 0 Å². The molecule has 0 fully saturated rings. The van der Waals surface area contributed by atoms with Crippen LogP contribution in [0.3, 0.4) is 0 Å². The second kappa shape index (κ2) is 44.8. The molecule has 2 unspecified atom stereocenters. The Balaban J connectivity index is 3.49. The Morgan fingerprint density at radius 1 is 0.509 bits per heavy atom. The zero-order valence-corrected chi connectivity index (χ0v) is 36.4. The fraction of sp³-hybridized carbons (Fsp3) is 0.837. The number of nitrogens with one attached hydrogen (secondary N) is 1. The van der Waals surface area contributed by atoms with Crippen LogP contribution in [-0.4, -0.2) is 47.4 Å². The van der Waals surface area contributed by atoms with E-state index in [0.717, 1.165) is 83.5 Å². The summed E-state index contributed by atoms with van der Waals surface area (Å²) in [5, 5.41) is 23.1. The first-order chi connectivity index (χ1) is 27.0. The Morgan fingerprint density at radius 2 is 0.945 bits per heavy atom. The van der Waals surface area contributed by atoms with Gasteiger partial charge in [-0.2, -0.15) is 0 Å². The van der Waals surface area contributed by atoms with Crippen LogP contribution in [0.25, 0.3) is 0 Å². The highest BCUT2D eigenvalue weighted by molar-refractivity contribution is 5.76. The highest BCUT2D eigenvalue weighted by atomic mass is 16.5. The van der Waals surface area contributed by atoms with E-state index in [0.29, 0.717) is 25.9 Å². The average molecular weight is 774 g/mol. The van der Waals surface area contributed by atoms with Crippen LogP contribution in [0.2, 0.25) is 0 Å². The van der Waals surface area contributed by atoms with E-state index in [2.05, 4.69) is 55.6 Å². The summed E-state index contributed by atoms with van der Waals surface area (Å²) in [6.45, 7) is 4.82. The summed E-state index contributed by atoms with van der Waals surface area (Å²) in [5.74, 6) is -0.0805. The summed E-state index contributed by atoms with van der Waals surface area (Å²) in [4.78, 5) is 24.4. The summed E-state index contributed by atoms with van der Waals surface area (Å²) in [5.41, 5.74) is 0. The fourth-order valence-electron chi connectivity index (χ4n) is 6.96. The van der Waals surface area contributed by atoms with Crippen LogP contribution in [0.15, 0.2) is 36.5 Å². The zero-order chi connectivity index (χ0) is 40.1. The van der Waals surface area contributed by atoms with Crippen molar-refractivity contribution in [3.8, 4) is 0 Å². The van der Waals surface area contributed by atoms with Crippen LogP contribution >= 0.6 is 0 Å². The smallest absolute Gasteiger partial charge is 0.305 e. The zero-order valence-electron chi connectivity index (χ0n) is 36.4. The molecule has 2 atom stereocenters. The van der Waals surface area contributed by atoms with Crippen LogP contribution in [0.4, 0.5) is 0 Å². The second-order valence-electron chi connectivity index (χ2n) is 16.1. The van der Waals surface area contributed by atoms with Gasteiger partial charge in [0.1, 0.15) is 0 Å². The maximum Gasteiger partial charge on any atom is 0.305 e. The van der Waals surface area contributed by atoms with Crippen LogP contribution < -0.4 is 5.32 Å². The summed E-state index contributed by atoms with van der Waals surface area (Å²) in [6, 6.07) is -0.551. The van der Waals surface area contributed by atoms with E-state index in [9.17, 15) is 19.8 Å². The van der Waals surface area contributed by atoms with Crippen LogP contribution in [0.5, 0.6) is 0 Å². The number of carbonyl (C=O) groups is 2. The van der Waals surface area contributed by atoms with E-state index in [-0.39, 0.29) is 18.5 Å². The summed E-state index contributed by atoms with van der Waals surface area (Å²) in [6.07, 6.45) is 52.5. The first kappa shape index (κ1) is 53.1. The summed E-state index contributed by atoms with van der Waals surface area (Å²) >= 11 is 0. The Bertz CT molecular complexity index is 900. The van der Waals surface area contributed by atoms with Crippen molar-refractivity contribution in [2.75, 3.05) is 13.2 Å². The molecule has 0 rings (SSSR count). The Labute approximate surface area is 341 Å².